The molecule has 4 rings (SSSR count). The number of ether oxygens (including phenoxy) is 2. The second kappa shape index (κ2) is 10.4. The van der Waals surface area contributed by atoms with Crippen molar-refractivity contribution in [1.82, 2.24) is 10.2 Å². The molecule has 8 nitrogen and oxygen atoms in total. The first kappa shape index (κ1) is 24.6. The van der Waals surface area contributed by atoms with Crippen molar-refractivity contribution < 1.29 is 32.6 Å². The summed E-state index contributed by atoms with van der Waals surface area (Å²) in [5, 5.41) is 5.21. The van der Waals surface area contributed by atoms with E-state index in [1.807, 2.05) is 30.3 Å². The smallest absolute Gasteiger partial charge is 0.387 e. The molecular formula is C26H23F2N3O5. The number of imide groups is 1. The van der Waals surface area contributed by atoms with E-state index < -0.39 is 36.5 Å². The number of alkyl halides is 2. The molecule has 1 heterocycles. The van der Waals surface area contributed by atoms with Gasteiger partial charge in [-0.15, -0.1) is 0 Å². The van der Waals surface area contributed by atoms with E-state index in [1.165, 1.54) is 31.2 Å². The van der Waals surface area contributed by atoms with Crippen LogP contribution >= 0.6 is 0 Å². The number of amides is 4. The summed E-state index contributed by atoms with van der Waals surface area (Å²) in [6.07, 6.45) is 0. The first-order chi connectivity index (χ1) is 17.2. The van der Waals surface area contributed by atoms with Gasteiger partial charge in [0.05, 0.1) is 0 Å². The van der Waals surface area contributed by atoms with Crippen LogP contribution in [0.4, 0.5) is 19.3 Å². The third kappa shape index (κ3) is 5.60. The highest BCUT2D eigenvalue weighted by molar-refractivity contribution is 6.10. The average Bonchev–Trinajstić information content (AvgIpc) is 3.08. The van der Waals surface area contributed by atoms with E-state index in [0.29, 0.717) is 23.6 Å². The number of benzene rings is 3. The zero-order valence-electron chi connectivity index (χ0n) is 19.2. The highest BCUT2D eigenvalue weighted by atomic mass is 19.3. The molecule has 1 atom stereocenters. The molecule has 10 heteroatoms. The van der Waals surface area contributed by atoms with Crippen molar-refractivity contribution >= 4 is 23.5 Å². The van der Waals surface area contributed by atoms with Crippen LogP contribution in [0.1, 0.15) is 18.1 Å². The number of anilines is 1. The van der Waals surface area contributed by atoms with Gasteiger partial charge in [0.15, 0.2) is 0 Å². The summed E-state index contributed by atoms with van der Waals surface area (Å²) < 4.78 is 34.8. The Labute approximate surface area is 205 Å². The van der Waals surface area contributed by atoms with Gasteiger partial charge in [-0.3, -0.25) is 14.5 Å². The van der Waals surface area contributed by atoms with Crippen LogP contribution in [0, 0.1) is 0 Å². The minimum absolute atomic E-state index is 0.0816. The summed E-state index contributed by atoms with van der Waals surface area (Å²) in [5.74, 6) is -0.676. The van der Waals surface area contributed by atoms with E-state index >= 15 is 0 Å². The lowest BCUT2D eigenvalue weighted by molar-refractivity contribution is -0.133. The Kier molecular flexibility index (Phi) is 7.14. The highest BCUT2D eigenvalue weighted by Crippen LogP contribution is 2.30. The number of rotatable bonds is 9. The molecule has 1 fully saturated rings. The Morgan fingerprint density at radius 3 is 2.25 bits per heavy atom. The maximum Gasteiger partial charge on any atom is 0.387 e. The molecule has 3 aromatic carbocycles. The molecule has 1 aliphatic heterocycles. The van der Waals surface area contributed by atoms with Gasteiger partial charge in [-0.2, -0.15) is 8.78 Å². The number of halogens is 2. The molecule has 0 aliphatic carbocycles. The van der Waals surface area contributed by atoms with Gasteiger partial charge in [-0.25, -0.2) is 4.79 Å². The summed E-state index contributed by atoms with van der Waals surface area (Å²) in [5.41, 5.74) is 0.388. The largest absolute Gasteiger partial charge is 0.489 e. The van der Waals surface area contributed by atoms with Crippen LogP contribution in [-0.4, -0.2) is 35.9 Å². The predicted octanol–water partition coefficient (Wildman–Crippen LogP) is 4.27. The number of hydrogen-bond donors (Lipinski definition) is 2. The van der Waals surface area contributed by atoms with Crippen LogP contribution in [0.25, 0.3) is 0 Å². The minimum atomic E-state index is -2.98. The number of carbonyl (C=O) groups is 3. The van der Waals surface area contributed by atoms with Crippen molar-refractivity contribution in [2.24, 2.45) is 0 Å². The van der Waals surface area contributed by atoms with E-state index in [1.54, 1.807) is 24.3 Å². The molecule has 186 valence electrons. The molecule has 0 bridgehead atoms. The molecule has 1 saturated heterocycles. The van der Waals surface area contributed by atoms with Gasteiger partial charge in [0.1, 0.15) is 30.2 Å². The van der Waals surface area contributed by atoms with Crippen molar-refractivity contribution in [3.8, 4) is 11.5 Å². The molecule has 0 radical (unpaired) electrons. The standard InChI is InChI=1S/C26H23F2N3O5/c1-26(18-7-11-21(12-8-18)36-24(27)28)23(33)31(25(34)30-26)15-22(32)29-19-9-13-20(14-10-19)35-16-17-5-3-2-4-6-17/h2-14,24H,15-16H2,1H3,(H,29,32)(H,30,34). The SMILES string of the molecule is CC1(c2ccc(OC(F)F)cc2)NC(=O)N(CC(=O)Nc2ccc(OCc3ccccc3)cc2)C1=O. The maximum atomic E-state index is 13.0. The molecule has 0 saturated carbocycles. The van der Waals surface area contributed by atoms with Crippen LogP contribution in [0.15, 0.2) is 78.9 Å². The van der Waals surface area contributed by atoms with Crippen LogP contribution in [0.2, 0.25) is 0 Å². The number of hydrogen-bond acceptors (Lipinski definition) is 5. The Hall–Kier alpha value is -4.47. The fourth-order valence-electron chi connectivity index (χ4n) is 3.73. The molecule has 36 heavy (non-hydrogen) atoms. The van der Waals surface area contributed by atoms with Gasteiger partial charge >= 0.3 is 12.6 Å². The van der Waals surface area contributed by atoms with Gasteiger partial charge in [-0.05, 0) is 54.4 Å². The molecule has 1 aliphatic rings. The quantitative estimate of drug-likeness (QED) is 0.432. The number of nitrogens with zero attached hydrogens (tertiary/aromatic N) is 1. The average molecular weight is 495 g/mol. The fraction of sp³-hybridized carbons (Fsp3) is 0.192. The minimum Gasteiger partial charge on any atom is -0.489 e. The van der Waals surface area contributed by atoms with Gasteiger partial charge in [0.2, 0.25) is 5.91 Å². The molecule has 2 N–H and O–H groups in total. The van der Waals surface area contributed by atoms with E-state index in [0.717, 1.165) is 10.5 Å². The summed E-state index contributed by atoms with van der Waals surface area (Å²) >= 11 is 0. The first-order valence-corrected chi connectivity index (χ1v) is 11.0. The zero-order chi connectivity index (χ0) is 25.7. The van der Waals surface area contributed by atoms with Crippen LogP contribution in [0.5, 0.6) is 11.5 Å². The monoisotopic (exact) mass is 495 g/mol. The van der Waals surface area contributed by atoms with Crippen molar-refractivity contribution in [1.29, 1.82) is 0 Å². The summed E-state index contributed by atoms with van der Waals surface area (Å²) in [6.45, 7) is -1.60. The van der Waals surface area contributed by atoms with Crippen molar-refractivity contribution in [3.05, 3.63) is 90.0 Å². The van der Waals surface area contributed by atoms with Gasteiger partial charge in [-0.1, -0.05) is 42.5 Å². The maximum absolute atomic E-state index is 13.0. The topological polar surface area (TPSA) is 97.0 Å². The van der Waals surface area contributed by atoms with E-state index in [2.05, 4.69) is 15.4 Å². The van der Waals surface area contributed by atoms with Crippen molar-refractivity contribution in [2.45, 2.75) is 25.7 Å². The molecule has 0 spiro atoms. The third-order valence-electron chi connectivity index (χ3n) is 5.62. The second-order valence-corrected chi connectivity index (χ2v) is 8.20. The third-order valence-corrected chi connectivity index (χ3v) is 5.62. The lowest BCUT2D eigenvalue weighted by Crippen LogP contribution is -2.42. The van der Waals surface area contributed by atoms with Crippen LogP contribution < -0.4 is 20.1 Å². The number of nitrogens with one attached hydrogen (secondary N) is 2. The van der Waals surface area contributed by atoms with Gasteiger partial charge < -0.3 is 20.1 Å². The summed E-state index contributed by atoms with van der Waals surface area (Å²) in [7, 11) is 0. The molecule has 4 amide bonds. The number of carbonyl (C=O) groups excluding carboxylic acids is 3. The molecule has 3 aromatic rings. The van der Waals surface area contributed by atoms with Crippen molar-refractivity contribution in [3.63, 3.8) is 0 Å². The summed E-state index contributed by atoms with van der Waals surface area (Å²) in [4.78, 5) is 38.8. The van der Waals surface area contributed by atoms with Crippen LogP contribution in [-0.2, 0) is 21.7 Å². The predicted molar refractivity (Wildman–Crippen MR) is 127 cm³/mol. The van der Waals surface area contributed by atoms with Crippen LogP contribution in [0.3, 0.4) is 0 Å². The lowest BCUT2D eigenvalue weighted by Gasteiger charge is -2.22. The number of urea groups is 1. The first-order valence-electron chi connectivity index (χ1n) is 11.0. The normalized spacial score (nSPS) is 17.2. The zero-order valence-corrected chi connectivity index (χ0v) is 19.2. The van der Waals surface area contributed by atoms with E-state index in [-0.39, 0.29) is 5.75 Å². The van der Waals surface area contributed by atoms with Gasteiger partial charge in [0.25, 0.3) is 5.91 Å². The lowest BCUT2D eigenvalue weighted by atomic mass is 9.92. The Balaban J connectivity index is 1.34. The summed E-state index contributed by atoms with van der Waals surface area (Å²) in [6, 6.07) is 21.0. The Morgan fingerprint density at radius 1 is 0.972 bits per heavy atom. The molecule has 1 unspecified atom stereocenters. The highest BCUT2D eigenvalue weighted by Gasteiger charge is 2.49. The molecule has 0 aromatic heterocycles. The van der Waals surface area contributed by atoms with E-state index in [4.69, 9.17) is 4.74 Å². The fourth-order valence-corrected chi connectivity index (χ4v) is 3.73. The van der Waals surface area contributed by atoms with Crippen molar-refractivity contribution in [2.75, 3.05) is 11.9 Å². The van der Waals surface area contributed by atoms with E-state index in [9.17, 15) is 23.2 Å². The Bertz CT molecular complexity index is 1240. The Morgan fingerprint density at radius 2 is 1.61 bits per heavy atom. The second-order valence-electron chi connectivity index (χ2n) is 8.20. The van der Waals surface area contributed by atoms with Gasteiger partial charge in [0, 0.05) is 5.69 Å². The molecular weight excluding hydrogens is 472 g/mol.